The van der Waals surface area contributed by atoms with Crippen LogP contribution in [0.2, 0.25) is 0 Å². The van der Waals surface area contributed by atoms with Gasteiger partial charge in [-0.05, 0) is 30.2 Å². The predicted octanol–water partition coefficient (Wildman–Crippen LogP) is 3.17. The van der Waals surface area contributed by atoms with Crippen molar-refractivity contribution in [1.82, 2.24) is 15.5 Å². The quantitative estimate of drug-likeness (QED) is 0.833. The first-order valence-electron chi connectivity index (χ1n) is 7.48. The fourth-order valence-corrected chi connectivity index (χ4v) is 3.28. The van der Waals surface area contributed by atoms with E-state index >= 15 is 0 Å². The van der Waals surface area contributed by atoms with E-state index in [1.807, 2.05) is 0 Å². The SMILES string of the molecule is CC(C)NCCCc1nnc(-c2ccc3c(c2)COC3)s1. The number of hydrogen-bond donors (Lipinski definition) is 1. The number of nitrogens with one attached hydrogen (secondary N) is 1. The molecule has 3 rings (SSSR count). The zero-order valence-corrected chi connectivity index (χ0v) is 13.4. The third-order valence-electron chi connectivity index (χ3n) is 3.56. The highest BCUT2D eigenvalue weighted by Crippen LogP contribution is 2.29. The van der Waals surface area contributed by atoms with Gasteiger partial charge in [0.25, 0.3) is 0 Å². The highest BCUT2D eigenvalue weighted by Gasteiger charge is 2.14. The van der Waals surface area contributed by atoms with Gasteiger partial charge in [0.15, 0.2) is 0 Å². The summed E-state index contributed by atoms with van der Waals surface area (Å²) in [5.41, 5.74) is 3.73. The highest BCUT2D eigenvalue weighted by atomic mass is 32.1. The Labute approximate surface area is 129 Å². The number of ether oxygens (including phenoxy) is 1. The van der Waals surface area contributed by atoms with Gasteiger partial charge in [-0.15, -0.1) is 10.2 Å². The highest BCUT2D eigenvalue weighted by molar-refractivity contribution is 7.14. The van der Waals surface area contributed by atoms with E-state index in [2.05, 4.69) is 47.6 Å². The number of fused-ring (bicyclic) bond motifs is 1. The van der Waals surface area contributed by atoms with Crippen LogP contribution in [-0.4, -0.2) is 22.8 Å². The number of hydrogen-bond acceptors (Lipinski definition) is 5. The fourth-order valence-electron chi connectivity index (χ4n) is 2.41. The van der Waals surface area contributed by atoms with Crippen molar-refractivity contribution in [2.75, 3.05) is 6.54 Å². The standard InChI is InChI=1S/C16H21N3OS/c1-11(2)17-7-3-4-15-18-19-16(21-15)12-5-6-13-9-20-10-14(13)8-12/h5-6,8,11,17H,3-4,7,9-10H2,1-2H3. The predicted molar refractivity (Wildman–Crippen MR) is 85.3 cm³/mol. The van der Waals surface area contributed by atoms with E-state index in [0.717, 1.165) is 48.2 Å². The van der Waals surface area contributed by atoms with Gasteiger partial charge < -0.3 is 10.1 Å². The first-order chi connectivity index (χ1) is 10.2. The van der Waals surface area contributed by atoms with Crippen LogP contribution < -0.4 is 5.32 Å². The van der Waals surface area contributed by atoms with Gasteiger partial charge in [0.1, 0.15) is 10.0 Å². The lowest BCUT2D eigenvalue weighted by Gasteiger charge is -2.05. The molecule has 112 valence electrons. The maximum Gasteiger partial charge on any atom is 0.147 e. The summed E-state index contributed by atoms with van der Waals surface area (Å²) < 4.78 is 5.46. The van der Waals surface area contributed by atoms with E-state index in [-0.39, 0.29) is 0 Å². The Morgan fingerprint density at radius 2 is 2.10 bits per heavy atom. The van der Waals surface area contributed by atoms with Crippen molar-refractivity contribution in [2.45, 2.75) is 45.9 Å². The van der Waals surface area contributed by atoms with E-state index in [4.69, 9.17) is 4.74 Å². The summed E-state index contributed by atoms with van der Waals surface area (Å²) in [6.45, 7) is 6.82. The first kappa shape index (κ1) is 14.6. The molecular formula is C16H21N3OS. The summed E-state index contributed by atoms with van der Waals surface area (Å²) in [5.74, 6) is 0. The average molecular weight is 303 g/mol. The van der Waals surface area contributed by atoms with E-state index in [1.54, 1.807) is 11.3 Å². The molecule has 1 N–H and O–H groups in total. The van der Waals surface area contributed by atoms with Gasteiger partial charge in [0.05, 0.1) is 13.2 Å². The lowest BCUT2D eigenvalue weighted by Crippen LogP contribution is -2.23. The van der Waals surface area contributed by atoms with Crippen molar-refractivity contribution < 1.29 is 4.74 Å². The van der Waals surface area contributed by atoms with Gasteiger partial charge in [-0.3, -0.25) is 0 Å². The second kappa shape index (κ2) is 6.64. The van der Waals surface area contributed by atoms with Crippen LogP contribution in [0.25, 0.3) is 10.6 Å². The molecule has 2 aromatic rings. The smallest absolute Gasteiger partial charge is 0.147 e. The fraction of sp³-hybridized carbons (Fsp3) is 0.500. The van der Waals surface area contributed by atoms with Crippen molar-refractivity contribution in [3.63, 3.8) is 0 Å². The van der Waals surface area contributed by atoms with Gasteiger partial charge in [-0.1, -0.05) is 37.3 Å². The van der Waals surface area contributed by atoms with Gasteiger partial charge in [0.2, 0.25) is 0 Å². The molecule has 0 aliphatic carbocycles. The van der Waals surface area contributed by atoms with Crippen LogP contribution in [0.1, 0.15) is 36.4 Å². The molecule has 0 amide bonds. The summed E-state index contributed by atoms with van der Waals surface area (Å²) in [7, 11) is 0. The number of benzene rings is 1. The molecule has 1 aliphatic rings. The summed E-state index contributed by atoms with van der Waals surface area (Å²) in [6.07, 6.45) is 2.09. The molecule has 0 bridgehead atoms. The molecule has 0 atom stereocenters. The number of aryl methyl sites for hydroxylation is 1. The van der Waals surface area contributed by atoms with Crippen LogP contribution >= 0.6 is 11.3 Å². The molecule has 0 saturated heterocycles. The lowest BCUT2D eigenvalue weighted by molar-refractivity contribution is 0.134. The molecule has 1 aliphatic heterocycles. The molecule has 0 saturated carbocycles. The minimum Gasteiger partial charge on any atom is -0.372 e. The van der Waals surface area contributed by atoms with E-state index in [1.165, 1.54) is 11.1 Å². The van der Waals surface area contributed by atoms with E-state index < -0.39 is 0 Å². The molecule has 1 aromatic heterocycles. The third-order valence-corrected chi connectivity index (χ3v) is 4.59. The minimum absolute atomic E-state index is 0.545. The first-order valence-corrected chi connectivity index (χ1v) is 8.29. The van der Waals surface area contributed by atoms with Gasteiger partial charge in [-0.25, -0.2) is 0 Å². The van der Waals surface area contributed by atoms with Gasteiger partial charge in [-0.2, -0.15) is 0 Å². The molecule has 0 fully saturated rings. The Bertz CT molecular complexity index is 609. The largest absolute Gasteiger partial charge is 0.372 e. The maximum atomic E-state index is 5.46. The van der Waals surface area contributed by atoms with E-state index in [9.17, 15) is 0 Å². The lowest BCUT2D eigenvalue weighted by atomic mass is 10.1. The minimum atomic E-state index is 0.545. The van der Waals surface area contributed by atoms with Crippen molar-refractivity contribution in [3.05, 3.63) is 34.3 Å². The summed E-state index contributed by atoms with van der Waals surface area (Å²) >= 11 is 1.70. The average Bonchev–Trinajstić information content (AvgIpc) is 3.11. The molecule has 4 nitrogen and oxygen atoms in total. The summed E-state index contributed by atoms with van der Waals surface area (Å²) in [4.78, 5) is 0. The van der Waals surface area contributed by atoms with Crippen molar-refractivity contribution in [1.29, 1.82) is 0 Å². The Balaban J connectivity index is 1.62. The Morgan fingerprint density at radius 1 is 1.24 bits per heavy atom. The number of nitrogens with zero attached hydrogens (tertiary/aromatic N) is 2. The Hall–Kier alpha value is -1.30. The van der Waals surface area contributed by atoms with Crippen molar-refractivity contribution >= 4 is 11.3 Å². The summed E-state index contributed by atoms with van der Waals surface area (Å²) in [5, 5.41) is 14.2. The molecule has 0 radical (unpaired) electrons. The Kier molecular flexibility index (Phi) is 4.63. The molecule has 0 spiro atoms. The van der Waals surface area contributed by atoms with Crippen LogP contribution in [0.3, 0.4) is 0 Å². The van der Waals surface area contributed by atoms with Gasteiger partial charge in [0, 0.05) is 18.0 Å². The van der Waals surface area contributed by atoms with Gasteiger partial charge >= 0.3 is 0 Å². The summed E-state index contributed by atoms with van der Waals surface area (Å²) in [6, 6.07) is 7.00. The monoisotopic (exact) mass is 303 g/mol. The molecule has 5 heteroatoms. The van der Waals surface area contributed by atoms with Crippen LogP contribution in [0, 0.1) is 0 Å². The number of aromatic nitrogens is 2. The molecular weight excluding hydrogens is 282 g/mol. The maximum absolute atomic E-state index is 5.46. The molecule has 2 heterocycles. The zero-order valence-electron chi connectivity index (χ0n) is 12.6. The van der Waals surface area contributed by atoms with Crippen LogP contribution in [-0.2, 0) is 24.4 Å². The van der Waals surface area contributed by atoms with Crippen LogP contribution in [0.4, 0.5) is 0 Å². The van der Waals surface area contributed by atoms with Crippen LogP contribution in [0.15, 0.2) is 18.2 Å². The molecule has 21 heavy (non-hydrogen) atoms. The van der Waals surface area contributed by atoms with E-state index in [0.29, 0.717) is 6.04 Å². The normalized spacial score (nSPS) is 13.9. The second-order valence-corrected chi connectivity index (χ2v) is 6.75. The van der Waals surface area contributed by atoms with Crippen molar-refractivity contribution in [2.24, 2.45) is 0 Å². The topological polar surface area (TPSA) is 47.0 Å². The number of rotatable bonds is 6. The molecule has 0 unspecified atom stereocenters. The van der Waals surface area contributed by atoms with Crippen LogP contribution in [0.5, 0.6) is 0 Å². The van der Waals surface area contributed by atoms with Crippen molar-refractivity contribution in [3.8, 4) is 10.6 Å². The second-order valence-electron chi connectivity index (χ2n) is 5.69. The zero-order chi connectivity index (χ0) is 14.7. The Morgan fingerprint density at radius 3 is 2.95 bits per heavy atom. The third kappa shape index (κ3) is 3.67. The molecule has 1 aromatic carbocycles.